The SMILES string of the molecule is C=C(C)CC1(C=O)CCCC(C(C)(C)C)C1. The number of carbonyl (C=O) groups is 1. The second-order valence-electron chi connectivity index (χ2n) is 6.77. The zero-order valence-electron chi connectivity index (χ0n) is 11.3. The smallest absolute Gasteiger partial charge is 0.126 e. The molecule has 1 aliphatic carbocycles. The molecule has 2 unspecified atom stereocenters. The molecule has 92 valence electrons. The highest BCUT2D eigenvalue weighted by atomic mass is 16.1. The first kappa shape index (κ1) is 13.5. The molecule has 1 heteroatoms. The van der Waals surface area contributed by atoms with Gasteiger partial charge in [-0.2, -0.15) is 0 Å². The van der Waals surface area contributed by atoms with Gasteiger partial charge in [0.1, 0.15) is 6.29 Å². The van der Waals surface area contributed by atoms with Gasteiger partial charge in [-0.1, -0.05) is 32.8 Å². The molecular formula is C15H26O. The molecule has 0 amide bonds. The van der Waals surface area contributed by atoms with Crippen molar-refractivity contribution < 1.29 is 4.79 Å². The van der Waals surface area contributed by atoms with E-state index in [0.717, 1.165) is 24.8 Å². The van der Waals surface area contributed by atoms with Crippen LogP contribution in [0.25, 0.3) is 0 Å². The van der Waals surface area contributed by atoms with E-state index in [-0.39, 0.29) is 5.41 Å². The van der Waals surface area contributed by atoms with Crippen LogP contribution in [0.4, 0.5) is 0 Å². The molecule has 0 aromatic rings. The predicted molar refractivity (Wildman–Crippen MR) is 69.3 cm³/mol. The number of hydrogen-bond donors (Lipinski definition) is 0. The van der Waals surface area contributed by atoms with Gasteiger partial charge < -0.3 is 4.79 Å². The van der Waals surface area contributed by atoms with E-state index in [4.69, 9.17) is 0 Å². The Morgan fingerprint density at radius 1 is 1.50 bits per heavy atom. The summed E-state index contributed by atoms with van der Waals surface area (Å²) >= 11 is 0. The Labute approximate surface area is 100 Å². The first-order valence-corrected chi connectivity index (χ1v) is 6.40. The molecule has 0 aromatic carbocycles. The fraction of sp³-hybridized carbons (Fsp3) is 0.800. The first-order chi connectivity index (χ1) is 7.29. The largest absolute Gasteiger partial charge is 0.303 e. The Kier molecular flexibility index (Phi) is 3.98. The standard InChI is InChI=1S/C15H26O/c1-12(2)9-15(11-16)8-6-7-13(10-15)14(3,4)5/h11,13H,1,6-10H2,2-5H3. The lowest BCUT2D eigenvalue weighted by molar-refractivity contribution is -0.119. The molecule has 1 saturated carbocycles. The van der Waals surface area contributed by atoms with Crippen LogP contribution in [0.3, 0.4) is 0 Å². The van der Waals surface area contributed by atoms with Crippen LogP contribution in [0.5, 0.6) is 0 Å². The van der Waals surface area contributed by atoms with Crippen molar-refractivity contribution in [2.45, 2.75) is 59.8 Å². The molecule has 0 spiro atoms. The second kappa shape index (κ2) is 4.73. The first-order valence-electron chi connectivity index (χ1n) is 6.40. The summed E-state index contributed by atoms with van der Waals surface area (Å²) in [6.45, 7) is 12.9. The Bertz CT molecular complexity index is 272. The molecule has 0 radical (unpaired) electrons. The molecule has 0 bridgehead atoms. The van der Waals surface area contributed by atoms with Crippen molar-refractivity contribution in [3.05, 3.63) is 12.2 Å². The molecule has 1 fully saturated rings. The Hall–Kier alpha value is -0.590. The molecule has 1 rings (SSSR count). The highest BCUT2D eigenvalue weighted by molar-refractivity contribution is 5.60. The highest BCUT2D eigenvalue weighted by Gasteiger charge is 2.39. The lowest BCUT2D eigenvalue weighted by atomic mass is 9.61. The third-order valence-electron chi connectivity index (χ3n) is 4.01. The van der Waals surface area contributed by atoms with Gasteiger partial charge in [0, 0.05) is 5.41 Å². The van der Waals surface area contributed by atoms with Gasteiger partial charge in [-0.3, -0.25) is 0 Å². The fourth-order valence-corrected chi connectivity index (χ4v) is 3.04. The number of hydrogen-bond acceptors (Lipinski definition) is 1. The minimum Gasteiger partial charge on any atom is -0.303 e. The average molecular weight is 222 g/mol. The van der Waals surface area contributed by atoms with E-state index in [1.165, 1.54) is 19.1 Å². The maximum atomic E-state index is 11.4. The third-order valence-corrected chi connectivity index (χ3v) is 4.01. The van der Waals surface area contributed by atoms with Crippen molar-refractivity contribution in [3.8, 4) is 0 Å². The minimum absolute atomic E-state index is 0.109. The van der Waals surface area contributed by atoms with Crippen LogP contribution in [0.1, 0.15) is 59.8 Å². The van der Waals surface area contributed by atoms with Crippen LogP contribution >= 0.6 is 0 Å². The van der Waals surface area contributed by atoms with Gasteiger partial charge in [0.25, 0.3) is 0 Å². The van der Waals surface area contributed by atoms with Crippen LogP contribution in [0.2, 0.25) is 0 Å². The van der Waals surface area contributed by atoms with E-state index < -0.39 is 0 Å². The van der Waals surface area contributed by atoms with Crippen molar-refractivity contribution in [1.82, 2.24) is 0 Å². The van der Waals surface area contributed by atoms with Gasteiger partial charge in [0.15, 0.2) is 0 Å². The van der Waals surface area contributed by atoms with Crippen molar-refractivity contribution in [2.24, 2.45) is 16.7 Å². The molecule has 2 atom stereocenters. The lowest BCUT2D eigenvalue weighted by Gasteiger charge is -2.42. The fourth-order valence-electron chi connectivity index (χ4n) is 3.04. The van der Waals surface area contributed by atoms with E-state index in [1.807, 2.05) is 6.92 Å². The normalized spacial score (nSPS) is 31.1. The molecule has 0 aliphatic heterocycles. The maximum absolute atomic E-state index is 11.4. The topological polar surface area (TPSA) is 17.1 Å². The quantitative estimate of drug-likeness (QED) is 0.512. The van der Waals surface area contributed by atoms with Crippen LogP contribution in [-0.2, 0) is 4.79 Å². The maximum Gasteiger partial charge on any atom is 0.126 e. The summed E-state index contributed by atoms with van der Waals surface area (Å²) in [6.07, 6.45) is 6.65. The summed E-state index contributed by atoms with van der Waals surface area (Å²) in [5.74, 6) is 0.672. The summed E-state index contributed by atoms with van der Waals surface area (Å²) < 4.78 is 0. The zero-order valence-corrected chi connectivity index (χ0v) is 11.3. The van der Waals surface area contributed by atoms with Crippen molar-refractivity contribution in [1.29, 1.82) is 0 Å². The van der Waals surface area contributed by atoms with Gasteiger partial charge in [-0.05, 0) is 43.9 Å². The van der Waals surface area contributed by atoms with Gasteiger partial charge >= 0.3 is 0 Å². The molecule has 0 saturated heterocycles. The van der Waals surface area contributed by atoms with Crippen LogP contribution < -0.4 is 0 Å². The van der Waals surface area contributed by atoms with E-state index in [0.29, 0.717) is 11.3 Å². The lowest BCUT2D eigenvalue weighted by Crippen LogP contribution is -2.35. The number of allylic oxidation sites excluding steroid dienone is 1. The summed E-state index contributed by atoms with van der Waals surface area (Å²) in [5.41, 5.74) is 1.35. The number of carbonyl (C=O) groups excluding carboxylic acids is 1. The highest BCUT2D eigenvalue weighted by Crippen LogP contribution is 2.47. The van der Waals surface area contributed by atoms with E-state index in [9.17, 15) is 4.79 Å². The summed E-state index contributed by atoms with van der Waals surface area (Å²) in [4.78, 5) is 11.4. The van der Waals surface area contributed by atoms with Gasteiger partial charge in [0.05, 0.1) is 0 Å². The zero-order chi connectivity index (χ0) is 12.4. The van der Waals surface area contributed by atoms with Gasteiger partial charge in [-0.15, -0.1) is 6.58 Å². The predicted octanol–water partition coefficient (Wildman–Crippen LogP) is 4.37. The van der Waals surface area contributed by atoms with Crippen molar-refractivity contribution in [3.63, 3.8) is 0 Å². The van der Waals surface area contributed by atoms with E-state index >= 15 is 0 Å². The molecule has 0 heterocycles. The van der Waals surface area contributed by atoms with Gasteiger partial charge in [0.2, 0.25) is 0 Å². The van der Waals surface area contributed by atoms with Crippen LogP contribution in [0.15, 0.2) is 12.2 Å². The second-order valence-corrected chi connectivity index (χ2v) is 6.77. The number of aldehydes is 1. The Morgan fingerprint density at radius 2 is 2.12 bits per heavy atom. The molecular weight excluding hydrogens is 196 g/mol. The molecule has 0 N–H and O–H groups in total. The average Bonchev–Trinajstić information content (AvgIpc) is 2.16. The van der Waals surface area contributed by atoms with E-state index in [1.54, 1.807) is 0 Å². The van der Waals surface area contributed by atoms with Crippen molar-refractivity contribution in [2.75, 3.05) is 0 Å². The molecule has 16 heavy (non-hydrogen) atoms. The third kappa shape index (κ3) is 3.20. The Morgan fingerprint density at radius 3 is 2.56 bits per heavy atom. The summed E-state index contributed by atoms with van der Waals surface area (Å²) in [7, 11) is 0. The molecule has 0 aromatic heterocycles. The van der Waals surface area contributed by atoms with Crippen molar-refractivity contribution >= 4 is 6.29 Å². The summed E-state index contributed by atoms with van der Waals surface area (Å²) in [6, 6.07) is 0. The Balaban J connectivity index is 2.80. The van der Waals surface area contributed by atoms with Crippen LogP contribution in [0, 0.1) is 16.7 Å². The van der Waals surface area contributed by atoms with E-state index in [2.05, 4.69) is 27.4 Å². The summed E-state index contributed by atoms with van der Waals surface area (Å²) in [5, 5.41) is 0. The molecule has 1 nitrogen and oxygen atoms in total. The monoisotopic (exact) mass is 222 g/mol. The number of rotatable bonds is 3. The minimum atomic E-state index is -0.109. The molecule has 1 aliphatic rings. The van der Waals surface area contributed by atoms with Gasteiger partial charge in [-0.25, -0.2) is 0 Å². The van der Waals surface area contributed by atoms with Crippen LogP contribution in [-0.4, -0.2) is 6.29 Å².